The van der Waals surface area contributed by atoms with E-state index in [9.17, 15) is 4.79 Å². The first-order valence-corrected chi connectivity index (χ1v) is 7.07. The number of hydrogen-bond donors (Lipinski definition) is 0. The van der Waals surface area contributed by atoms with Crippen LogP contribution in [0.4, 0.5) is 0 Å². The number of carbonyl (C=O) groups is 1. The Kier molecular flexibility index (Phi) is 3.91. The summed E-state index contributed by atoms with van der Waals surface area (Å²) in [5, 5.41) is 2.00. The van der Waals surface area contributed by atoms with Crippen LogP contribution in [0.2, 0.25) is 0 Å². The summed E-state index contributed by atoms with van der Waals surface area (Å²) in [5.74, 6) is 1.33. The number of piperidine rings is 3. The molecule has 1 aromatic rings. The second-order valence-corrected chi connectivity index (χ2v) is 6.25. The third-order valence-corrected chi connectivity index (χ3v) is 5.22. The summed E-state index contributed by atoms with van der Waals surface area (Å²) >= 11 is 1.58. The number of nitrogens with zero attached hydrogens (tertiary/aromatic N) is 1. The lowest BCUT2D eigenvalue weighted by molar-refractivity contribution is -0.935. The van der Waals surface area contributed by atoms with Crippen LogP contribution in [0.25, 0.3) is 0 Å². The largest absolute Gasteiger partial charge is 1.00 e. The van der Waals surface area contributed by atoms with Crippen LogP contribution in [-0.2, 0) is 0 Å². The fraction of sp³-hybridized carbons (Fsp3) is 0.615. The molecule has 0 N–H and O–H groups in total. The van der Waals surface area contributed by atoms with Crippen molar-refractivity contribution in [2.75, 3.05) is 26.2 Å². The predicted octanol–water partition coefficient (Wildman–Crippen LogP) is -0.435. The Hall–Kier alpha value is -0.380. The molecular formula is C13H18ClNOS. The quantitative estimate of drug-likeness (QED) is 0.539. The summed E-state index contributed by atoms with van der Waals surface area (Å²) in [6.45, 7) is 4.46. The van der Waals surface area contributed by atoms with E-state index in [1.54, 1.807) is 11.3 Å². The standard InChI is InChI=1S/C13H18NOS.ClH/c15-12(13-2-1-9-16-13)10-14-6-3-11(4-7-14)5-8-14;/h1-2,9,11H,3-8,10H2;1H/q+1;/p-1. The van der Waals surface area contributed by atoms with Crippen molar-refractivity contribution in [2.45, 2.75) is 19.3 Å². The van der Waals surface area contributed by atoms with Crippen molar-refractivity contribution < 1.29 is 21.7 Å². The van der Waals surface area contributed by atoms with Gasteiger partial charge in [0.2, 0.25) is 5.78 Å². The second-order valence-electron chi connectivity index (χ2n) is 5.30. The molecule has 4 heteroatoms. The van der Waals surface area contributed by atoms with Crippen molar-refractivity contribution >= 4 is 17.1 Å². The molecule has 94 valence electrons. The van der Waals surface area contributed by atoms with Gasteiger partial charge in [-0.1, -0.05) is 6.07 Å². The Balaban J connectivity index is 0.00000108. The average molecular weight is 272 g/mol. The van der Waals surface area contributed by atoms with Gasteiger partial charge in [-0.05, 0) is 36.6 Å². The highest BCUT2D eigenvalue weighted by atomic mass is 35.5. The fourth-order valence-electron chi connectivity index (χ4n) is 3.19. The lowest BCUT2D eigenvalue weighted by Gasteiger charge is -2.48. The van der Waals surface area contributed by atoms with Gasteiger partial charge in [0, 0.05) is 0 Å². The van der Waals surface area contributed by atoms with E-state index in [1.807, 2.05) is 17.5 Å². The third kappa shape index (κ3) is 2.56. The van der Waals surface area contributed by atoms with E-state index in [-0.39, 0.29) is 12.4 Å². The molecule has 0 amide bonds. The van der Waals surface area contributed by atoms with Crippen molar-refractivity contribution in [2.24, 2.45) is 5.92 Å². The molecule has 0 saturated carbocycles. The van der Waals surface area contributed by atoms with Crippen molar-refractivity contribution in [1.29, 1.82) is 0 Å². The molecule has 0 unspecified atom stereocenters. The van der Waals surface area contributed by atoms with Crippen LogP contribution in [0.3, 0.4) is 0 Å². The molecule has 4 rings (SSSR count). The molecular weight excluding hydrogens is 254 g/mol. The van der Waals surface area contributed by atoms with E-state index in [4.69, 9.17) is 0 Å². The molecule has 0 radical (unpaired) electrons. The molecule has 0 spiro atoms. The van der Waals surface area contributed by atoms with Crippen LogP contribution < -0.4 is 12.4 Å². The normalized spacial score (nSPS) is 30.9. The van der Waals surface area contributed by atoms with E-state index in [0.717, 1.165) is 21.8 Å². The summed E-state index contributed by atoms with van der Waals surface area (Å²) in [4.78, 5) is 13.1. The zero-order valence-electron chi connectivity index (χ0n) is 9.90. The van der Waals surface area contributed by atoms with Gasteiger partial charge < -0.3 is 16.9 Å². The first kappa shape index (κ1) is 13.1. The maximum Gasteiger partial charge on any atom is 0.226 e. The van der Waals surface area contributed by atoms with E-state index in [1.165, 1.54) is 38.9 Å². The lowest BCUT2D eigenvalue weighted by atomic mass is 9.85. The summed E-state index contributed by atoms with van der Waals surface area (Å²) in [6, 6.07) is 3.93. The summed E-state index contributed by atoms with van der Waals surface area (Å²) in [6.07, 6.45) is 4.03. The molecule has 2 bridgehead atoms. The third-order valence-electron chi connectivity index (χ3n) is 4.31. The van der Waals surface area contributed by atoms with Gasteiger partial charge in [-0.2, -0.15) is 0 Å². The van der Waals surface area contributed by atoms with E-state index in [0.29, 0.717) is 5.78 Å². The molecule has 3 saturated heterocycles. The van der Waals surface area contributed by atoms with Crippen LogP contribution >= 0.6 is 11.3 Å². The number of rotatable bonds is 3. The Morgan fingerprint density at radius 2 is 1.94 bits per heavy atom. The number of halogens is 1. The fourth-order valence-corrected chi connectivity index (χ4v) is 3.85. The molecule has 2 nitrogen and oxygen atoms in total. The van der Waals surface area contributed by atoms with Crippen molar-refractivity contribution in [3.63, 3.8) is 0 Å². The number of hydrogen-bond acceptors (Lipinski definition) is 2. The van der Waals surface area contributed by atoms with Gasteiger partial charge in [0.15, 0.2) is 0 Å². The molecule has 3 aliphatic rings. The van der Waals surface area contributed by atoms with Crippen molar-refractivity contribution in [3.8, 4) is 0 Å². The molecule has 0 atom stereocenters. The maximum absolute atomic E-state index is 12.2. The van der Waals surface area contributed by atoms with Crippen LogP contribution in [0, 0.1) is 5.92 Å². The van der Waals surface area contributed by atoms with Gasteiger partial charge in [-0.15, -0.1) is 11.3 Å². The van der Waals surface area contributed by atoms with Crippen molar-refractivity contribution in [3.05, 3.63) is 22.4 Å². The lowest BCUT2D eigenvalue weighted by Crippen LogP contribution is -3.00. The van der Waals surface area contributed by atoms with Gasteiger partial charge in [0.1, 0.15) is 6.54 Å². The van der Waals surface area contributed by atoms with Gasteiger partial charge in [0.05, 0.1) is 24.5 Å². The minimum Gasteiger partial charge on any atom is -1.00 e. The maximum atomic E-state index is 12.2. The smallest absolute Gasteiger partial charge is 0.226 e. The number of fused-ring (bicyclic) bond motifs is 3. The zero-order valence-corrected chi connectivity index (χ0v) is 11.5. The van der Waals surface area contributed by atoms with Crippen LogP contribution in [-0.4, -0.2) is 36.4 Å². The number of carbonyl (C=O) groups excluding carboxylic acids is 1. The molecule has 4 heterocycles. The predicted molar refractivity (Wildman–Crippen MR) is 65.7 cm³/mol. The Bertz CT molecular complexity index is 368. The molecule has 0 aromatic carbocycles. The van der Waals surface area contributed by atoms with E-state index in [2.05, 4.69) is 0 Å². The number of Topliss-reactive ketones (excluding diaryl/α,β-unsaturated/α-hetero) is 1. The number of ketones is 1. The Morgan fingerprint density at radius 3 is 2.47 bits per heavy atom. The van der Waals surface area contributed by atoms with Crippen LogP contribution in [0.5, 0.6) is 0 Å². The summed E-state index contributed by atoms with van der Waals surface area (Å²) in [7, 11) is 0. The molecule has 3 fully saturated rings. The minimum absolute atomic E-state index is 0. The Morgan fingerprint density at radius 1 is 1.29 bits per heavy atom. The SMILES string of the molecule is O=C(C[N+]12CCC(CC1)CC2)c1cccs1.[Cl-]. The highest BCUT2D eigenvalue weighted by Gasteiger charge is 2.41. The second kappa shape index (κ2) is 5.09. The zero-order chi connectivity index (χ0) is 11.0. The van der Waals surface area contributed by atoms with Crippen LogP contribution in [0.15, 0.2) is 17.5 Å². The first-order valence-electron chi connectivity index (χ1n) is 6.19. The van der Waals surface area contributed by atoms with Crippen molar-refractivity contribution in [1.82, 2.24) is 0 Å². The Labute approximate surface area is 113 Å². The first-order chi connectivity index (χ1) is 7.77. The highest BCUT2D eigenvalue weighted by molar-refractivity contribution is 7.12. The monoisotopic (exact) mass is 271 g/mol. The van der Waals surface area contributed by atoms with E-state index >= 15 is 0 Å². The number of quaternary nitrogens is 1. The van der Waals surface area contributed by atoms with Gasteiger partial charge in [-0.3, -0.25) is 4.79 Å². The van der Waals surface area contributed by atoms with Crippen LogP contribution in [0.1, 0.15) is 28.9 Å². The summed E-state index contributed by atoms with van der Waals surface area (Å²) < 4.78 is 1.08. The molecule has 0 aliphatic carbocycles. The van der Waals surface area contributed by atoms with Gasteiger partial charge in [0.25, 0.3) is 0 Å². The highest BCUT2D eigenvalue weighted by Crippen LogP contribution is 2.33. The molecule has 17 heavy (non-hydrogen) atoms. The average Bonchev–Trinajstić information content (AvgIpc) is 2.84. The number of thiophene rings is 1. The minimum atomic E-state index is 0. The molecule has 3 aliphatic heterocycles. The topological polar surface area (TPSA) is 17.1 Å². The molecule has 1 aromatic heterocycles. The van der Waals surface area contributed by atoms with Gasteiger partial charge in [-0.25, -0.2) is 0 Å². The summed E-state index contributed by atoms with van der Waals surface area (Å²) in [5.41, 5.74) is 0. The van der Waals surface area contributed by atoms with Gasteiger partial charge >= 0.3 is 0 Å². The van der Waals surface area contributed by atoms with E-state index < -0.39 is 0 Å².